The fraction of sp³-hybridized carbons (Fsp3) is 0.526. The Morgan fingerprint density at radius 1 is 1.35 bits per heavy atom. The molecule has 0 bridgehead atoms. The molecule has 1 saturated heterocycles. The second kappa shape index (κ2) is 7.05. The first-order valence-corrected chi connectivity index (χ1v) is 8.86. The summed E-state index contributed by atoms with van der Waals surface area (Å²) in [7, 11) is 0. The van der Waals surface area contributed by atoms with E-state index in [4.69, 9.17) is 4.74 Å². The van der Waals surface area contributed by atoms with Crippen LogP contribution in [0.1, 0.15) is 51.4 Å². The molecule has 26 heavy (non-hydrogen) atoms. The van der Waals surface area contributed by atoms with Crippen molar-refractivity contribution in [3.05, 3.63) is 41.5 Å². The van der Waals surface area contributed by atoms with Crippen molar-refractivity contribution in [3.8, 4) is 6.01 Å². The molecular formula is C19H25FN4O2. The van der Waals surface area contributed by atoms with Crippen molar-refractivity contribution < 1.29 is 13.9 Å². The largest absolute Gasteiger partial charge is 0.458 e. The van der Waals surface area contributed by atoms with E-state index in [2.05, 4.69) is 15.2 Å². The average molecular weight is 360 g/mol. The number of rotatable bonds is 4. The molecule has 2 unspecified atom stereocenters. The number of carbonyl (C=O) groups is 1. The van der Waals surface area contributed by atoms with E-state index in [1.54, 1.807) is 12.1 Å². The zero-order valence-electron chi connectivity index (χ0n) is 15.6. The van der Waals surface area contributed by atoms with Crippen molar-refractivity contribution >= 4 is 5.91 Å². The van der Waals surface area contributed by atoms with Crippen molar-refractivity contribution in [1.29, 1.82) is 0 Å². The van der Waals surface area contributed by atoms with E-state index >= 15 is 0 Å². The second-order valence-corrected chi connectivity index (χ2v) is 7.80. The Kier molecular flexibility index (Phi) is 4.98. The summed E-state index contributed by atoms with van der Waals surface area (Å²) in [5, 5.41) is 7.05. The van der Waals surface area contributed by atoms with Gasteiger partial charge in [-0.05, 0) is 31.0 Å². The number of nitrogens with zero attached hydrogens (tertiary/aromatic N) is 3. The van der Waals surface area contributed by atoms with Crippen molar-refractivity contribution in [2.45, 2.75) is 52.7 Å². The number of H-pyrrole nitrogens is 1. The molecule has 140 valence electrons. The van der Waals surface area contributed by atoms with Gasteiger partial charge < -0.3 is 9.64 Å². The smallest absolute Gasteiger partial charge is 0.335 e. The quantitative estimate of drug-likeness (QED) is 0.908. The van der Waals surface area contributed by atoms with Crippen LogP contribution < -0.4 is 4.74 Å². The van der Waals surface area contributed by atoms with Crippen molar-refractivity contribution in [3.63, 3.8) is 0 Å². The van der Waals surface area contributed by atoms with Gasteiger partial charge in [0, 0.05) is 23.9 Å². The molecule has 1 aliphatic rings. The van der Waals surface area contributed by atoms with Crippen LogP contribution in [0, 0.1) is 11.2 Å². The van der Waals surface area contributed by atoms with Gasteiger partial charge in [-0.15, -0.1) is 5.10 Å². The number of hydrogen-bond donors (Lipinski definition) is 1. The standard InChI is InChI=1S/C19H25FN4O2/c1-12-15(9-10-24(12)17(25)19(2,3)4)16-21-18(23-22-16)26-11-13-5-7-14(20)8-6-13/h5-8,12,15H,9-11H2,1-4H3,(H,21,22,23). The fourth-order valence-corrected chi connectivity index (χ4v) is 3.24. The monoisotopic (exact) mass is 360 g/mol. The molecule has 0 aliphatic carbocycles. The summed E-state index contributed by atoms with van der Waals surface area (Å²) in [5.41, 5.74) is 0.447. The number of likely N-dealkylation sites (tertiary alicyclic amines) is 1. The number of benzene rings is 1. The van der Waals surface area contributed by atoms with Crippen LogP contribution in [0.5, 0.6) is 6.01 Å². The lowest BCUT2D eigenvalue weighted by Crippen LogP contribution is -2.42. The van der Waals surface area contributed by atoms with E-state index < -0.39 is 5.41 Å². The topological polar surface area (TPSA) is 71.1 Å². The molecule has 0 radical (unpaired) electrons. The molecule has 1 fully saturated rings. The van der Waals surface area contributed by atoms with Crippen LogP contribution in [0.2, 0.25) is 0 Å². The van der Waals surface area contributed by atoms with Gasteiger partial charge in [-0.3, -0.25) is 9.89 Å². The highest BCUT2D eigenvalue weighted by Gasteiger charge is 2.40. The first-order valence-electron chi connectivity index (χ1n) is 8.86. The van der Waals surface area contributed by atoms with Gasteiger partial charge in [0.25, 0.3) is 0 Å². The summed E-state index contributed by atoms with van der Waals surface area (Å²) >= 11 is 0. The van der Waals surface area contributed by atoms with Crippen LogP contribution in [0.4, 0.5) is 4.39 Å². The van der Waals surface area contributed by atoms with Crippen molar-refractivity contribution in [2.75, 3.05) is 6.54 Å². The van der Waals surface area contributed by atoms with Gasteiger partial charge in [0.1, 0.15) is 18.2 Å². The maximum atomic E-state index is 12.9. The molecule has 1 aromatic carbocycles. The van der Waals surface area contributed by atoms with Crippen LogP contribution in [0.15, 0.2) is 24.3 Å². The third kappa shape index (κ3) is 3.86. The molecule has 2 aromatic rings. The Labute approximate surface area is 152 Å². The lowest BCUT2D eigenvalue weighted by Gasteiger charge is -2.30. The molecule has 0 spiro atoms. The average Bonchev–Trinajstić information content (AvgIpc) is 3.19. The molecule has 0 saturated carbocycles. The number of carbonyl (C=O) groups excluding carboxylic acids is 1. The molecule has 7 heteroatoms. The summed E-state index contributed by atoms with van der Waals surface area (Å²) in [6, 6.07) is 6.43. The van der Waals surface area contributed by atoms with Gasteiger partial charge in [0.2, 0.25) is 5.91 Å². The lowest BCUT2D eigenvalue weighted by atomic mass is 9.93. The Morgan fingerprint density at radius 2 is 2.04 bits per heavy atom. The SMILES string of the molecule is CC1C(c2nc(OCc3ccc(F)cc3)n[nH]2)CCN1C(=O)C(C)(C)C. The normalized spacial score (nSPS) is 20.4. The highest BCUT2D eigenvalue weighted by atomic mass is 19.1. The molecule has 2 heterocycles. The zero-order valence-corrected chi connectivity index (χ0v) is 15.6. The first kappa shape index (κ1) is 18.4. The predicted octanol–water partition coefficient (Wildman–Crippen LogP) is 3.27. The summed E-state index contributed by atoms with van der Waals surface area (Å²) in [6.07, 6.45) is 0.843. The molecule has 1 amide bonds. The molecule has 1 aliphatic heterocycles. The van der Waals surface area contributed by atoms with Gasteiger partial charge in [0.05, 0.1) is 0 Å². The number of aromatic amines is 1. The molecular weight excluding hydrogens is 335 g/mol. The van der Waals surface area contributed by atoms with Crippen LogP contribution in [0.3, 0.4) is 0 Å². The molecule has 1 N–H and O–H groups in total. The predicted molar refractivity (Wildman–Crippen MR) is 95.1 cm³/mol. The number of ether oxygens (including phenoxy) is 1. The number of nitrogens with one attached hydrogen (secondary N) is 1. The van der Waals surface area contributed by atoms with Crippen LogP contribution in [-0.2, 0) is 11.4 Å². The highest BCUT2D eigenvalue weighted by molar-refractivity contribution is 5.82. The minimum atomic E-state index is -0.395. The molecule has 6 nitrogen and oxygen atoms in total. The van der Waals surface area contributed by atoms with Gasteiger partial charge in [-0.2, -0.15) is 4.98 Å². The van der Waals surface area contributed by atoms with Gasteiger partial charge >= 0.3 is 6.01 Å². The van der Waals surface area contributed by atoms with E-state index in [9.17, 15) is 9.18 Å². The third-order valence-corrected chi connectivity index (χ3v) is 4.77. The van der Waals surface area contributed by atoms with Gasteiger partial charge in [-0.1, -0.05) is 32.9 Å². The minimum absolute atomic E-state index is 0.0552. The summed E-state index contributed by atoms with van der Waals surface area (Å²) in [6.45, 7) is 8.84. The molecule has 2 atom stereocenters. The van der Waals surface area contributed by atoms with Crippen LogP contribution in [-0.4, -0.2) is 38.6 Å². The van der Waals surface area contributed by atoms with E-state index in [1.165, 1.54) is 12.1 Å². The Hall–Kier alpha value is -2.44. The third-order valence-electron chi connectivity index (χ3n) is 4.77. The van der Waals surface area contributed by atoms with Crippen LogP contribution in [0.25, 0.3) is 0 Å². The van der Waals surface area contributed by atoms with Gasteiger partial charge in [-0.25, -0.2) is 4.39 Å². The maximum Gasteiger partial charge on any atom is 0.335 e. The number of amides is 1. The van der Waals surface area contributed by atoms with E-state index in [0.717, 1.165) is 17.8 Å². The Balaban J connectivity index is 1.62. The highest BCUT2D eigenvalue weighted by Crippen LogP contribution is 2.34. The van der Waals surface area contributed by atoms with E-state index in [1.807, 2.05) is 32.6 Å². The zero-order chi connectivity index (χ0) is 18.9. The molecule has 3 rings (SSSR count). The number of hydrogen-bond acceptors (Lipinski definition) is 4. The van der Waals surface area contributed by atoms with E-state index in [0.29, 0.717) is 6.54 Å². The maximum absolute atomic E-state index is 12.9. The Morgan fingerprint density at radius 3 is 2.69 bits per heavy atom. The van der Waals surface area contributed by atoms with Crippen molar-refractivity contribution in [1.82, 2.24) is 20.1 Å². The Bertz CT molecular complexity index is 767. The summed E-state index contributed by atoms with van der Waals surface area (Å²) in [5.74, 6) is 0.714. The van der Waals surface area contributed by atoms with Crippen LogP contribution >= 0.6 is 0 Å². The first-order chi connectivity index (χ1) is 12.3. The fourth-order valence-electron chi connectivity index (χ4n) is 3.24. The lowest BCUT2D eigenvalue weighted by molar-refractivity contribution is -0.140. The minimum Gasteiger partial charge on any atom is -0.458 e. The summed E-state index contributed by atoms with van der Waals surface area (Å²) < 4.78 is 18.5. The van der Waals surface area contributed by atoms with Crippen molar-refractivity contribution in [2.24, 2.45) is 5.41 Å². The number of halogens is 1. The molecule has 1 aromatic heterocycles. The van der Waals surface area contributed by atoms with E-state index in [-0.39, 0.29) is 36.3 Å². The van der Waals surface area contributed by atoms with Gasteiger partial charge in [0.15, 0.2) is 0 Å². The second-order valence-electron chi connectivity index (χ2n) is 7.80. The number of aromatic nitrogens is 3. The summed E-state index contributed by atoms with van der Waals surface area (Å²) in [4.78, 5) is 18.9.